The van der Waals surface area contributed by atoms with Crippen molar-refractivity contribution in [2.24, 2.45) is 0 Å². The normalized spacial score (nSPS) is 10.9. The maximum absolute atomic E-state index is 4.96. The summed E-state index contributed by atoms with van der Waals surface area (Å²) in [5.74, 6) is 2.10. The Morgan fingerprint density at radius 2 is 2.24 bits per heavy atom. The van der Waals surface area contributed by atoms with E-state index in [1.807, 2.05) is 11.8 Å². The average molecular weight is 275 g/mol. The topological polar surface area (TPSA) is 47.0 Å². The summed E-state index contributed by atoms with van der Waals surface area (Å²) < 4.78 is 10.3. The molecule has 0 saturated heterocycles. The fraction of sp³-hybridized carbons (Fsp3) is 0.818. The molecule has 4 nitrogen and oxygen atoms in total. The fourth-order valence-corrected chi connectivity index (χ4v) is 3.02. The third-order valence-corrected chi connectivity index (χ3v) is 4.18. The van der Waals surface area contributed by atoms with Crippen LogP contribution in [0.1, 0.15) is 25.6 Å². The lowest BCUT2D eigenvalue weighted by Gasteiger charge is -2.02. The number of hydrogen-bond acceptors (Lipinski definition) is 6. The van der Waals surface area contributed by atoms with Crippen LogP contribution in [0.5, 0.6) is 0 Å². The van der Waals surface area contributed by atoms with Crippen molar-refractivity contribution in [2.45, 2.75) is 30.5 Å². The van der Waals surface area contributed by atoms with Gasteiger partial charge in [-0.2, -0.15) is 4.37 Å². The summed E-state index contributed by atoms with van der Waals surface area (Å²) in [4.78, 5) is 4.43. The Hall–Kier alpha value is -0.170. The minimum absolute atomic E-state index is 0.791. The molecule has 0 bridgehead atoms. The number of aryl methyl sites for hydroxylation is 1. The summed E-state index contributed by atoms with van der Waals surface area (Å²) in [6.07, 6.45) is 3.35. The average Bonchev–Trinajstić information content (AvgIpc) is 2.80. The standard InChI is InChI=1S/C11H21N3OS2/c1-3-10-13-11(17-14-10)16-9-5-4-6-12-7-8-15-2/h12H,3-9H2,1-2H3. The van der Waals surface area contributed by atoms with E-state index in [1.54, 1.807) is 7.11 Å². The summed E-state index contributed by atoms with van der Waals surface area (Å²) in [7, 11) is 1.73. The van der Waals surface area contributed by atoms with Gasteiger partial charge in [0.05, 0.1) is 6.61 Å². The zero-order chi connectivity index (χ0) is 12.3. The first-order valence-corrected chi connectivity index (χ1v) is 7.77. The van der Waals surface area contributed by atoms with E-state index >= 15 is 0 Å². The van der Waals surface area contributed by atoms with Crippen molar-refractivity contribution < 1.29 is 4.74 Å². The van der Waals surface area contributed by atoms with Gasteiger partial charge in [-0.3, -0.25) is 0 Å². The van der Waals surface area contributed by atoms with Crippen molar-refractivity contribution in [2.75, 3.05) is 32.6 Å². The molecule has 0 aliphatic rings. The zero-order valence-electron chi connectivity index (χ0n) is 10.6. The molecule has 0 aromatic carbocycles. The summed E-state index contributed by atoms with van der Waals surface area (Å²) in [5, 5.41) is 3.34. The molecular weight excluding hydrogens is 254 g/mol. The molecule has 0 spiro atoms. The van der Waals surface area contributed by atoms with Crippen LogP contribution >= 0.6 is 23.3 Å². The monoisotopic (exact) mass is 275 g/mol. The number of thioether (sulfide) groups is 1. The zero-order valence-corrected chi connectivity index (χ0v) is 12.2. The molecule has 0 fully saturated rings. The predicted octanol–water partition coefficient (Wildman–Crippen LogP) is 2.21. The highest BCUT2D eigenvalue weighted by Gasteiger charge is 2.01. The highest BCUT2D eigenvalue weighted by atomic mass is 32.2. The van der Waals surface area contributed by atoms with E-state index in [0.29, 0.717) is 0 Å². The van der Waals surface area contributed by atoms with Gasteiger partial charge in [-0.15, -0.1) is 0 Å². The van der Waals surface area contributed by atoms with Gasteiger partial charge in [0.25, 0.3) is 0 Å². The van der Waals surface area contributed by atoms with E-state index in [-0.39, 0.29) is 0 Å². The number of ether oxygens (including phenoxy) is 1. The highest BCUT2D eigenvalue weighted by molar-refractivity contribution is 8.00. The van der Waals surface area contributed by atoms with Gasteiger partial charge in [-0.1, -0.05) is 18.7 Å². The third-order valence-electron chi connectivity index (χ3n) is 2.22. The van der Waals surface area contributed by atoms with Crippen molar-refractivity contribution in [3.8, 4) is 0 Å². The quantitative estimate of drug-likeness (QED) is 0.524. The number of methoxy groups -OCH3 is 1. The Labute approximate surface area is 112 Å². The molecule has 0 unspecified atom stereocenters. The molecule has 0 aliphatic carbocycles. The Morgan fingerprint density at radius 3 is 2.94 bits per heavy atom. The van der Waals surface area contributed by atoms with Crippen molar-refractivity contribution in [3.63, 3.8) is 0 Å². The first kappa shape index (κ1) is 14.9. The van der Waals surface area contributed by atoms with Crippen LogP contribution < -0.4 is 5.32 Å². The molecule has 0 radical (unpaired) electrons. The first-order chi connectivity index (χ1) is 8.36. The van der Waals surface area contributed by atoms with Gasteiger partial charge in [0.1, 0.15) is 5.82 Å². The molecule has 6 heteroatoms. The smallest absolute Gasteiger partial charge is 0.170 e. The second-order valence-corrected chi connectivity index (χ2v) is 5.72. The number of unbranched alkanes of at least 4 members (excludes halogenated alkanes) is 1. The Balaban J connectivity index is 1.93. The van der Waals surface area contributed by atoms with Gasteiger partial charge in [0.15, 0.2) is 4.34 Å². The van der Waals surface area contributed by atoms with Gasteiger partial charge >= 0.3 is 0 Å². The second kappa shape index (κ2) is 9.82. The molecular formula is C11H21N3OS2. The van der Waals surface area contributed by atoms with Gasteiger partial charge in [-0.05, 0) is 30.9 Å². The van der Waals surface area contributed by atoms with Crippen LogP contribution in [0.3, 0.4) is 0 Å². The molecule has 1 heterocycles. The molecule has 1 aromatic rings. The number of hydrogen-bond donors (Lipinski definition) is 1. The first-order valence-electron chi connectivity index (χ1n) is 6.02. The predicted molar refractivity (Wildman–Crippen MR) is 74.0 cm³/mol. The highest BCUT2D eigenvalue weighted by Crippen LogP contribution is 2.21. The minimum atomic E-state index is 0.791. The Morgan fingerprint density at radius 1 is 1.35 bits per heavy atom. The SMILES string of the molecule is CCc1nsc(SCCCCNCCOC)n1. The lowest BCUT2D eigenvalue weighted by molar-refractivity contribution is 0.199. The Kier molecular flexibility index (Phi) is 8.60. The van der Waals surface area contributed by atoms with E-state index in [4.69, 9.17) is 4.74 Å². The maximum Gasteiger partial charge on any atom is 0.170 e. The van der Waals surface area contributed by atoms with E-state index in [9.17, 15) is 0 Å². The van der Waals surface area contributed by atoms with Crippen LogP contribution in [-0.2, 0) is 11.2 Å². The molecule has 1 rings (SSSR count). The number of aromatic nitrogens is 2. The Bertz CT molecular complexity index is 294. The molecule has 0 saturated carbocycles. The summed E-state index contributed by atoms with van der Waals surface area (Å²) in [6, 6.07) is 0. The summed E-state index contributed by atoms with van der Waals surface area (Å²) in [5.41, 5.74) is 0. The van der Waals surface area contributed by atoms with Gasteiger partial charge in [-0.25, -0.2) is 4.98 Å². The van der Waals surface area contributed by atoms with E-state index in [2.05, 4.69) is 21.6 Å². The lowest BCUT2D eigenvalue weighted by Crippen LogP contribution is -2.20. The van der Waals surface area contributed by atoms with E-state index < -0.39 is 0 Å². The number of nitrogens with one attached hydrogen (secondary N) is 1. The lowest BCUT2D eigenvalue weighted by atomic mass is 10.3. The van der Waals surface area contributed by atoms with Crippen LogP contribution in [0.25, 0.3) is 0 Å². The van der Waals surface area contributed by atoms with Crippen molar-refractivity contribution >= 4 is 23.3 Å². The van der Waals surface area contributed by atoms with Crippen LogP contribution in [0.15, 0.2) is 4.34 Å². The molecule has 1 aromatic heterocycles. The van der Waals surface area contributed by atoms with Crippen LogP contribution in [0.4, 0.5) is 0 Å². The van der Waals surface area contributed by atoms with E-state index in [0.717, 1.165) is 42.0 Å². The fourth-order valence-electron chi connectivity index (χ4n) is 1.25. The molecule has 0 aliphatic heterocycles. The largest absolute Gasteiger partial charge is 0.383 e. The van der Waals surface area contributed by atoms with Crippen molar-refractivity contribution in [3.05, 3.63) is 5.82 Å². The van der Waals surface area contributed by atoms with E-state index in [1.165, 1.54) is 24.4 Å². The van der Waals surface area contributed by atoms with Gasteiger partial charge in [0, 0.05) is 25.8 Å². The van der Waals surface area contributed by atoms with Crippen molar-refractivity contribution in [1.82, 2.24) is 14.7 Å². The molecule has 0 atom stereocenters. The third kappa shape index (κ3) is 6.98. The van der Waals surface area contributed by atoms with Crippen molar-refractivity contribution in [1.29, 1.82) is 0 Å². The minimum Gasteiger partial charge on any atom is -0.383 e. The van der Waals surface area contributed by atoms with Crippen LogP contribution in [-0.4, -0.2) is 41.9 Å². The molecule has 0 amide bonds. The van der Waals surface area contributed by atoms with Crippen LogP contribution in [0, 0.1) is 0 Å². The molecule has 17 heavy (non-hydrogen) atoms. The molecule has 1 N–H and O–H groups in total. The summed E-state index contributed by atoms with van der Waals surface area (Å²) in [6.45, 7) is 4.89. The van der Waals surface area contributed by atoms with Gasteiger partial charge in [0.2, 0.25) is 0 Å². The second-order valence-electron chi connectivity index (χ2n) is 3.63. The maximum atomic E-state index is 4.96. The molecule has 98 valence electrons. The van der Waals surface area contributed by atoms with Crippen LogP contribution in [0.2, 0.25) is 0 Å². The number of rotatable bonds is 10. The number of nitrogens with zero attached hydrogens (tertiary/aromatic N) is 2. The van der Waals surface area contributed by atoms with Gasteiger partial charge < -0.3 is 10.1 Å². The summed E-state index contributed by atoms with van der Waals surface area (Å²) >= 11 is 3.34.